The van der Waals surface area contributed by atoms with E-state index < -0.39 is 0 Å². The van der Waals surface area contributed by atoms with Gasteiger partial charge in [-0.15, -0.1) is 0 Å². The van der Waals surface area contributed by atoms with Gasteiger partial charge < -0.3 is 0 Å². The van der Waals surface area contributed by atoms with Crippen molar-refractivity contribution in [3.05, 3.63) is 163 Å². The van der Waals surface area contributed by atoms with E-state index in [2.05, 4.69) is 129 Å². The van der Waals surface area contributed by atoms with Crippen molar-refractivity contribution in [1.82, 2.24) is 15.0 Å². The lowest BCUT2D eigenvalue weighted by atomic mass is 9.81. The molecule has 0 saturated carbocycles. The highest BCUT2D eigenvalue weighted by molar-refractivity contribution is 5.87. The topological polar surface area (TPSA) is 38.7 Å². The Kier molecular flexibility index (Phi) is 6.46. The SMILES string of the molecule is CC1(C)c2ccccc2-c2ccc(-c3ncccc3-c3cc(-c4cccc(-c5ccccc5)c4)nc(-c4ccccc4)n3)cc21. The van der Waals surface area contributed by atoms with Crippen molar-refractivity contribution in [1.29, 1.82) is 0 Å². The molecule has 2 aromatic heterocycles. The van der Waals surface area contributed by atoms with Crippen LogP contribution in [-0.4, -0.2) is 15.0 Å². The van der Waals surface area contributed by atoms with Crippen molar-refractivity contribution in [3.63, 3.8) is 0 Å². The van der Waals surface area contributed by atoms with E-state index in [1.165, 1.54) is 27.8 Å². The number of nitrogens with zero attached hydrogens (tertiary/aromatic N) is 3. The van der Waals surface area contributed by atoms with Gasteiger partial charge in [-0.1, -0.05) is 129 Å². The summed E-state index contributed by atoms with van der Waals surface area (Å²) >= 11 is 0. The fourth-order valence-electron chi connectivity index (χ4n) is 6.63. The van der Waals surface area contributed by atoms with E-state index in [4.69, 9.17) is 15.0 Å². The third kappa shape index (κ3) is 4.74. The van der Waals surface area contributed by atoms with Crippen LogP contribution in [0.2, 0.25) is 0 Å². The van der Waals surface area contributed by atoms with Gasteiger partial charge in [-0.25, -0.2) is 9.97 Å². The molecule has 1 aliphatic rings. The monoisotopic (exact) mass is 577 g/mol. The summed E-state index contributed by atoms with van der Waals surface area (Å²) in [5.41, 5.74) is 14.2. The quantitative estimate of drug-likeness (QED) is 0.204. The van der Waals surface area contributed by atoms with Crippen molar-refractivity contribution in [2.45, 2.75) is 19.3 Å². The molecule has 0 amide bonds. The summed E-state index contributed by atoms with van der Waals surface area (Å²) in [6.45, 7) is 4.63. The molecule has 0 N–H and O–H groups in total. The number of benzene rings is 5. The first-order chi connectivity index (χ1) is 22.1. The maximum atomic E-state index is 5.15. The van der Waals surface area contributed by atoms with Gasteiger partial charge in [-0.2, -0.15) is 0 Å². The van der Waals surface area contributed by atoms with Crippen LogP contribution in [0.1, 0.15) is 25.0 Å². The number of fused-ring (bicyclic) bond motifs is 3. The second kappa shape index (κ2) is 10.8. The highest BCUT2D eigenvalue weighted by atomic mass is 14.9. The van der Waals surface area contributed by atoms with E-state index >= 15 is 0 Å². The van der Waals surface area contributed by atoms with Gasteiger partial charge in [0.05, 0.1) is 17.1 Å². The van der Waals surface area contributed by atoms with Gasteiger partial charge in [-0.05, 0) is 63.7 Å². The molecule has 0 unspecified atom stereocenters. The average molecular weight is 578 g/mol. The van der Waals surface area contributed by atoms with Crippen LogP contribution in [0.5, 0.6) is 0 Å². The normalized spacial score (nSPS) is 12.8. The lowest BCUT2D eigenvalue weighted by Crippen LogP contribution is -2.14. The molecule has 0 atom stereocenters. The Morgan fingerprint density at radius 2 is 1.07 bits per heavy atom. The van der Waals surface area contributed by atoms with Gasteiger partial charge in [0.2, 0.25) is 0 Å². The molecule has 5 aromatic carbocycles. The molecule has 1 aliphatic carbocycles. The van der Waals surface area contributed by atoms with Gasteiger partial charge in [0.1, 0.15) is 0 Å². The second-order valence-electron chi connectivity index (χ2n) is 12.1. The average Bonchev–Trinajstić information content (AvgIpc) is 3.34. The molecule has 2 heterocycles. The first-order valence-corrected chi connectivity index (χ1v) is 15.4. The minimum Gasteiger partial charge on any atom is -0.256 e. The van der Waals surface area contributed by atoms with Crippen molar-refractivity contribution in [3.8, 4) is 67.4 Å². The van der Waals surface area contributed by atoms with Crippen LogP contribution in [0.25, 0.3) is 67.4 Å². The minimum absolute atomic E-state index is 0.0940. The third-order valence-electron chi connectivity index (χ3n) is 8.96. The van der Waals surface area contributed by atoms with Crippen molar-refractivity contribution >= 4 is 0 Å². The minimum atomic E-state index is -0.0940. The van der Waals surface area contributed by atoms with E-state index in [0.29, 0.717) is 5.82 Å². The molecule has 3 nitrogen and oxygen atoms in total. The van der Waals surface area contributed by atoms with Crippen LogP contribution >= 0.6 is 0 Å². The smallest absolute Gasteiger partial charge is 0.160 e. The Morgan fingerprint density at radius 1 is 0.422 bits per heavy atom. The second-order valence-corrected chi connectivity index (χ2v) is 12.1. The Morgan fingerprint density at radius 3 is 1.89 bits per heavy atom. The molecule has 7 aromatic rings. The standard InChI is InChI=1S/C42H31N3/c1-42(2)36-21-10-9-19-33(36)34-23-22-32(26-37(34)42)40-35(20-12-24-43-40)39-27-38(44-41(45-39)29-15-7-4-8-16-29)31-18-11-17-30(25-31)28-13-5-3-6-14-28/h3-27H,1-2H3. The zero-order chi connectivity index (χ0) is 30.4. The Bertz CT molecular complexity index is 2180. The summed E-state index contributed by atoms with van der Waals surface area (Å²) in [4.78, 5) is 15.2. The van der Waals surface area contributed by atoms with Crippen LogP contribution in [0.15, 0.2) is 152 Å². The first kappa shape index (κ1) is 26.9. The van der Waals surface area contributed by atoms with E-state index in [0.717, 1.165) is 44.9 Å². The predicted molar refractivity (Wildman–Crippen MR) is 185 cm³/mol. The number of rotatable bonds is 5. The lowest BCUT2D eigenvalue weighted by Gasteiger charge is -2.22. The largest absolute Gasteiger partial charge is 0.256 e. The molecule has 8 rings (SSSR count). The van der Waals surface area contributed by atoms with Crippen molar-refractivity contribution in [2.24, 2.45) is 0 Å². The van der Waals surface area contributed by atoms with Crippen LogP contribution in [0.4, 0.5) is 0 Å². The zero-order valence-corrected chi connectivity index (χ0v) is 25.3. The highest BCUT2D eigenvalue weighted by Gasteiger charge is 2.35. The molecule has 0 bridgehead atoms. The molecule has 0 radical (unpaired) electrons. The molecular formula is C42H31N3. The Balaban J connectivity index is 1.29. The van der Waals surface area contributed by atoms with Crippen LogP contribution < -0.4 is 0 Å². The first-order valence-electron chi connectivity index (χ1n) is 15.4. The van der Waals surface area contributed by atoms with Crippen LogP contribution in [-0.2, 0) is 5.41 Å². The van der Waals surface area contributed by atoms with E-state index in [9.17, 15) is 0 Å². The fraction of sp³-hybridized carbons (Fsp3) is 0.0714. The number of hydrogen-bond acceptors (Lipinski definition) is 3. The summed E-state index contributed by atoms with van der Waals surface area (Å²) in [6.07, 6.45) is 1.87. The number of hydrogen-bond donors (Lipinski definition) is 0. The van der Waals surface area contributed by atoms with Crippen molar-refractivity contribution in [2.75, 3.05) is 0 Å². The molecule has 0 saturated heterocycles. The third-order valence-corrected chi connectivity index (χ3v) is 8.96. The summed E-state index contributed by atoms with van der Waals surface area (Å²) in [5.74, 6) is 0.688. The molecule has 0 spiro atoms. The van der Waals surface area contributed by atoms with E-state index in [-0.39, 0.29) is 5.41 Å². The Hall–Kier alpha value is -5.67. The van der Waals surface area contributed by atoms with Crippen LogP contribution in [0, 0.1) is 0 Å². The Labute approximate surface area is 264 Å². The maximum absolute atomic E-state index is 5.15. The summed E-state index contributed by atoms with van der Waals surface area (Å²) in [5, 5.41) is 0. The van der Waals surface area contributed by atoms with E-state index in [1.54, 1.807) is 0 Å². The van der Waals surface area contributed by atoms with Gasteiger partial charge in [0.25, 0.3) is 0 Å². The molecule has 3 heteroatoms. The summed E-state index contributed by atoms with van der Waals surface area (Å²) in [6, 6.07) is 51.0. The predicted octanol–water partition coefficient (Wildman–Crippen LogP) is 10.5. The lowest BCUT2D eigenvalue weighted by molar-refractivity contribution is 0.660. The van der Waals surface area contributed by atoms with Gasteiger partial charge in [0, 0.05) is 33.9 Å². The van der Waals surface area contributed by atoms with E-state index in [1.807, 2.05) is 36.5 Å². The van der Waals surface area contributed by atoms with Crippen LogP contribution in [0.3, 0.4) is 0 Å². The molecule has 45 heavy (non-hydrogen) atoms. The summed E-state index contributed by atoms with van der Waals surface area (Å²) < 4.78 is 0. The van der Waals surface area contributed by atoms with Gasteiger partial charge in [0.15, 0.2) is 5.82 Å². The number of pyridine rings is 1. The fourth-order valence-corrected chi connectivity index (χ4v) is 6.63. The zero-order valence-electron chi connectivity index (χ0n) is 25.3. The molecule has 0 aliphatic heterocycles. The summed E-state index contributed by atoms with van der Waals surface area (Å²) in [7, 11) is 0. The van der Waals surface area contributed by atoms with Crippen molar-refractivity contribution < 1.29 is 0 Å². The highest BCUT2D eigenvalue weighted by Crippen LogP contribution is 2.49. The van der Waals surface area contributed by atoms with Gasteiger partial charge >= 0.3 is 0 Å². The van der Waals surface area contributed by atoms with Gasteiger partial charge in [-0.3, -0.25) is 4.98 Å². The molecular weight excluding hydrogens is 546 g/mol. The molecule has 0 fully saturated rings. The molecule has 214 valence electrons. The number of aromatic nitrogens is 3. The maximum Gasteiger partial charge on any atom is 0.160 e.